The molecule has 0 saturated heterocycles. The molecule has 1 aromatic heterocycles. The monoisotopic (exact) mass is 255 g/mol. The van der Waals surface area contributed by atoms with E-state index in [9.17, 15) is 4.79 Å². The second kappa shape index (κ2) is 7.00. The number of rotatable bonds is 8. The minimum absolute atomic E-state index is 0.137. The Bertz CT molecular complexity index is 388. The molecule has 0 fully saturated rings. The Hall–Kier alpha value is -1.56. The summed E-state index contributed by atoms with van der Waals surface area (Å²) >= 11 is 0. The van der Waals surface area contributed by atoms with Crippen molar-refractivity contribution in [2.45, 2.75) is 19.3 Å². The van der Waals surface area contributed by atoms with Crippen molar-refractivity contribution in [1.82, 2.24) is 14.7 Å². The molecule has 0 spiro atoms. The Labute approximate surface area is 107 Å². The highest BCUT2D eigenvalue weighted by Crippen LogP contribution is 2.11. The van der Waals surface area contributed by atoms with Crippen LogP contribution in [0.1, 0.15) is 29.8 Å². The minimum atomic E-state index is -0.995. The second-order valence-corrected chi connectivity index (χ2v) is 4.51. The number of aromatic carboxylic acids is 1. The fourth-order valence-electron chi connectivity index (χ4n) is 1.60. The summed E-state index contributed by atoms with van der Waals surface area (Å²) in [6.45, 7) is 1.65. The predicted molar refractivity (Wildman–Crippen MR) is 68.1 cm³/mol. The molecule has 102 valence electrons. The van der Waals surface area contributed by atoms with E-state index in [-0.39, 0.29) is 5.69 Å². The van der Waals surface area contributed by atoms with E-state index in [1.807, 2.05) is 0 Å². The van der Waals surface area contributed by atoms with Gasteiger partial charge in [0.2, 0.25) is 5.88 Å². The zero-order chi connectivity index (χ0) is 13.5. The molecule has 18 heavy (non-hydrogen) atoms. The van der Waals surface area contributed by atoms with Gasteiger partial charge in [-0.2, -0.15) is 0 Å². The summed E-state index contributed by atoms with van der Waals surface area (Å²) in [4.78, 5) is 12.9. The van der Waals surface area contributed by atoms with Gasteiger partial charge in [-0.05, 0) is 39.9 Å². The molecular formula is C12H21N3O3. The minimum Gasteiger partial charge on any atom is -0.477 e. The molecule has 0 radical (unpaired) electrons. The average molecular weight is 255 g/mol. The molecule has 6 nitrogen and oxygen atoms in total. The molecule has 0 amide bonds. The lowest BCUT2D eigenvalue weighted by molar-refractivity contribution is 0.0685. The third kappa shape index (κ3) is 4.75. The van der Waals surface area contributed by atoms with E-state index in [0.717, 1.165) is 25.8 Å². The van der Waals surface area contributed by atoms with Crippen LogP contribution >= 0.6 is 0 Å². The van der Waals surface area contributed by atoms with E-state index >= 15 is 0 Å². The third-order valence-corrected chi connectivity index (χ3v) is 2.58. The van der Waals surface area contributed by atoms with Gasteiger partial charge in [-0.15, -0.1) is 5.10 Å². The topological polar surface area (TPSA) is 67.6 Å². The van der Waals surface area contributed by atoms with Gasteiger partial charge in [-0.3, -0.25) is 4.68 Å². The van der Waals surface area contributed by atoms with E-state index in [1.165, 1.54) is 10.7 Å². The zero-order valence-electron chi connectivity index (χ0n) is 11.2. The number of carboxylic acids is 1. The maximum atomic E-state index is 10.8. The van der Waals surface area contributed by atoms with Crippen molar-refractivity contribution in [3.8, 4) is 5.88 Å². The van der Waals surface area contributed by atoms with Crippen molar-refractivity contribution in [3.05, 3.63) is 11.8 Å². The summed E-state index contributed by atoms with van der Waals surface area (Å²) in [6, 6.07) is 1.45. The number of aryl methyl sites for hydroxylation is 1. The molecule has 0 saturated carbocycles. The highest BCUT2D eigenvalue weighted by atomic mass is 16.5. The van der Waals surface area contributed by atoms with Gasteiger partial charge in [0.05, 0.1) is 6.61 Å². The Kier molecular flexibility index (Phi) is 5.64. The van der Waals surface area contributed by atoms with E-state index < -0.39 is 5.97 Å². The molecule has 0 aliphatic rings. The summed E-state index contributed by atoms with van der Waals surface area (Å²) in [5.74, 6) is -0.617. The van der Waals surface area contributed by atoms with Crippen molar-refractivity contribution in [2.24, 2.45) is 7.05 Å². The largest absolute Gasteiger partial charge is 0.477 e. The van der Waals surface area contributed by atoms with Gasteiger partial charge in [-0.25, -0.2) is 4.79 Å². The lowest BCUT2D eigenvalue weighted by Gasteiger charge is -2.08. The number of aromatic nitrogens is 2. The van der Waals surface area contributed by atoms with Crippen LogP contribution in [-0.2, 0) is 7.05 Å². The van der Waals surface area contributed by atoms with E-state index in [0.29, 0.717) is 12.5 Å². The van der Waals surface area contributed by atoms with Crippen molar-refractivity contribution in [2.75, 3.05) is 27.2 Å². The second-order valence-electron chi connectivity index (χ2n) is 4.51. The van der Waals surface area contributed by atoms with Crippen LogP contribution in [0.25, 0.3) is 0 Å². The quantitative estimate of drug-likeness (QED) is 0.708. The van der Waals surface area contributed by atoms with Gasteiger partial charge < -0.3 is 14.7 Å². The molecule has 1 heterocycles. The van der Waals surface area contributed by atoms with Gasteiger partial charge in [0.25, 0.3) is 0 Å². The normalized spacial score (nSPS) is 10.9. The molecule has 6 heteroatoms. The van der Waals surface area contributed by atoms with E-state index in [2.05, 4.69) is 24.1 Å². The van der Waals surface area contributed by atoms with Gasteiger partial charge in [0.1, 0.15) is 5.69 Å². The van der Waals surface area contributed by atoms with Crippen LogP contribution in [0.4, 0.5) is 0 Å². The SMILES string of the molecule is CN(C)CCCCCOc1cc(C(=O)O)n(C)n1. The number of unbranched alkanes of at least 4 members (excludes halogenated alkanes) is 2. The lowest BCUT2D eigenvalue weighted by Crippen LogP contribution is -2.13. The highest BCUT2D eigenvalue weighted by molar-refractivity contribution is 5.85. The molecule has 1 aromatic rings. The Balaban J connectivity index is 2.23. The Morgan fingerprint density at radius 1 is 1.44 bits per heavy atom. The smallest absolute Gasteiger partial charge is 0.354 e. The Morgan fingerprint density at radius 2 is 2.17 bits per heavy atom. The van der Waals surface area contributed by atoms with Crippen LogP contribution in [-0.4, -0.2) is 53.0 Å². The molecule has 1 rings (SSSR count). The van der Waals surface area contributed by atoms with Gasteiger partial charge in [0, 0.05) is 13.1 Å². The maximum absolute atomic E-state index is 10.8. The van der Waals surface area contributed by atoms with E-state index in [4.69, 9.17) is 9.84 Å². The number of hydrogen-bond acceptors (Lipinski definition) is 4. The predicted octanol–water partition coefficient (Wildman–Crippen LogP) is 1.23. The van der Waals surface area contributed by atoms with Crippen molar-refractivity contribution < 1.29 is 14.6 Å². The fraction of sp³-hybridized carbons (Fsp3) is 0.667. The first kappa shape index (κ1) is 14.5. The molecule has 0 aliphatic carbocycles. The molecule has 0 atom stereocenters. The van der Waals surface area contributed by atoms with Crippen LogP contribution in [0.3, 0.4) is 0 Å². The van der Waals surface area contributed by atoms with Crippen LogP contribution in [0, 0.1) is 0 Å². The first-order chi connectivity index (χ1) is 8.50. The molecule has 0 aromatic carbocycles. The van der Waals surface area contributed by atoms with Crippen molar-refractivity contribution >= 4 is 5.97 Å². The fourth-order valence-corrected chi connectivity index (χ4v) is 1.60. The third-order valence-electron chi connectivity index (χ3n) is 2.58. The van der Waals surface area contributed by atoms with Crippen molar-refractivity contribution in [1.29, 1.82) is 0 Å². The summed E-state index contributed by atoms with van der Waals surface area (Å²) in [7, 11) is 5.70. The molecule has 0 aliphatic heterocycles. The molecular weight excluding hydrogens is 234 g/mol. The van der Waals surface area contributed by atoms with Gasteiger partial charge in [-0.1, -0.05) is 0 Å². The first-order valence-corrected chi connectivity index (χ1v) is 6.05. The molecule has 0 unspecified atom stereocenters. The van der Waals surface area contributed by atoms with Crippen molar-refractivity contribution in [3.63, 3.8) is 0 Å². The van der Waals surface area contributed by atoms with Crippen LogP contribution in [0.15, 0.2) is 6.07 Å². The summed E-state index contributed by atoms with van der Waals surface area (Å²) in [6.07, 6.45) is 3.18. The summed E-state index contributed by atoms with van der Waals surface area (Å²) < 4.78 is 6.73. The van der Waals surface area contributed by atoms with E-state index in [1.54, 1.807) is 7.05 Å². The number of hydrogen-bond donors (Lipinski definition) is 1. The average Bonchev–Trinajstić information content (AvgIpc) is 2.64. The summed E-state index contributed by atoms with van der Waals surface area (Å²) in [5.41, 5.74) is 0.137. The number of carboxylic acid groups (broad SMARTS) is 1. The molecule has 0 bridgehead atoms. The van der Waals surface area contributed by atoms with Gasteiger partial charge >= 0.3 is 5.97 Å². The summed E-state index contributed by atoms with van der Waals surface area (Å²) in [5, 5.41) is 12.8. The maximum Gasteiger partial charge on any atom is 0.354 e. The highest BCUT2D eigenvalue weighted by Gasteiger charge is 2.11. The first-order valence-electron chi connectivity index (χ1n) is 6.05. The molecule has 1 N–H and O–H groups in total. The Morgan fingerprint density at radius 3 is 2.72 bits per heavy atom. The standard InChI is InChI=1S/C12H21N3O3/c1-14(2)7-5-4-6-8-18-11-9-10(12(16)17)15(3)13-11/h9H,4-8H2,1-3H3,(H,16,17). The van der Waals surface area contributed by atoms with Crippen LogP contribution in [0.5, 0.6) is 5.88 Å². The van der Waals surface area contributed by atoms with Crippen LogP contribution < -0.4 is 4.74 Å². The number of nitrogens with zero attached hydrogens (tertiary/aromatic N) is 3. The lowest BCUT2D eigenvalue weighted by atomic mass is 10.2. The number of ether oxygens (including phenoxy) is 1. The number of carbonyl (C=O) groups is 1. The van der Waals surface area contributed by atoms with Crippen LogP contribution in [0.2, 0.25) is 0 Å². The van der Waals surface area contributed by atoms with Gasteiger partial charge in [0.15, 0.2) is 0 Å². The zero-order valence-corrected chi connectivity index (χ0v) is 11.2.